The van der Waals surface area contributed by atoms with Gasteiger partial charge in [0.15, 0.2) is 10.7 Å². The third-order valence-corrected chi connectivity index (χ3v) is 10.5. The van der Waals surface area contributed by atoms with Gasteiger partial charge < -0.3 is 15.1 Å². The van der Waals surface area contributed by atoms with E-state index in [1.165, 1.54) is 0 Å². The maximum atomic E-state index is 13.5. The summed E-state index contributed by atoms with van der Waals surface area (Å²) < 4.78 is 15.2. The quantitative estimate of drug-likeness (QED) is 0.345. The first-order valence-electron chi connectivity index (χ1n) is 14.9. The molecule has 12 heteroatoms. The Kier molecular flexibility index (Phi) is 7.86. The summed E-state index contributed by atoms with van der Waals surface area (Å²) in [6.07, 6.45) is 1.97. The van der Waals surface area contributed by atoms with Crippen molar-refractivity contribution in [3.05, 3.63) is 57.9 Å². The lowest BCUT2D eigenvalue weighted by molar-refractivity contribution is -0.133. The number of fused-ring (bicyclic) bond motifs is 3. The number of piperidine rings is 1. The number of amides is 1. The molecule has 0 radical (unpaired) electrons. The van der Waals surface area contributed by atoms with Crippen molar-refractivity contribution in [1.82, 2.24) is 34.9 Å². The molecule has 2 aliphatic heterocycles. The largest absolute Gasteiger partial charge is 0.369 e. The maximum absolute atomic E-state index is 13.5. The van der Waals surface area contributed by atoms with Crippen LogP contribution in [-0.2, 0) is 15.6 Å². The lowest BCUT2D eigenvalue weighted by Crippen LogP contribution is -2.62. The molecule has 4 heterocycles. The Morgan fingerprint density at radius 2 is 1.74 bits per heavy atom. The molecule has 1 amide bonds. The summed E-state index contributed by atoms with van der Waals surface area (Å²) in [6, 6.07) is 11.7. The molecule has 1 atom stereocenters. The first-order valence-corrected chi connectivity index (χ1v) is 16.1. The molecule has 1 unspecified atom stereocenters. The number of anilines is 1. The number of benzene rings is 2. The van der Waals surface area contributed by atoms with Crippen molar-refractivity contribution in [3.8, 4) is 0 Å². The maximum Gasteiger partial charge on any atom is 0.281 e. The molecule has 43 heavy (non-hydrogen) atoms. The van der Waals surface area contributed by atoms with Crippen LogP contribution in [0.5, 0.6) is 0 Å². The average molecular weight is 605 g/mol. The van der Waals surface area contributed by atoms with Crippen molar-refractivity contribution in [2.75, 3.05) is 51.2 Å². The molecule has 0 bridgehead atoms. The zero-order valence-electron chi connectivity index (χ0n) is 25.5. The number of nitrogens with one attached hydrogen (secondary N) is 2. The fourth-order valence-corrected chi connectivity index (χ4v) is 7.39. The highest BCUT2D eigenvalue weighted by Gasteiger charge is 2.37. The summed E-state index contributed by atoms with van der Waals surface area (Å²) in [5.41, 5.74) is 2.84. The van der Waals surface area contributed by atoms with Crippen molar-refractivity contribution in [1.29, 1.82) is 0 Å². The van der Waals surface area contributed by atoms with Crippen LogP contribution in [0.25, 0.3) is 16.6 Å². The van der Waals surface area contributed by atoms with E-state index in [4.69, 9.17) is 0 Å². The monoisotopic (exact) mass is 604 g/mol. The molecule has 2 fully saturated rings. The molecule has 2 aromatic heterocycles. The van der Waals surface area contributed by atoms with Crippen molar-refractivity contribution in [2.45, 2.75) is 62.0 Å². The van der Waals surface area contributed by atoms with Crippen LogP contribution in [0.1, 0.15) is 37.8 Å². The molecule has 0 aliphatic carbocycles. The summed E-state index contributed by atoms with van der Waals surface area (Å²) in [5, 5.41) is 11.3. The first kappa shape index (κ1) is 29.5. The van der Waals surface area contributed by atoms with Crippen LogP contribution < -0.4 is 15.8 Å². The van der Waals surface area contributed by atoms with Crippen LogP contribution in [0, 0.1) is 13.8 Å². The molecule has 2 aliphatic rings. The fourth-order valence-electron chi connectivity index (χ4n) is 6.21. The molecule has 6 rings (SSSR count). The number of hydrogen-bond acceptors (Lipinski definition) is 8. The number of carbonyl (C=O) groups is 1. The Morgan fingerprint density at radius 3 is 2.44 bits per heavy atom. The SMILES string of the molecule is Cc1ccc(S(=O)c2n[nH]n3c2nc(=O)c2ccc(N4CCN(C(C)(C)C(=O)NC5CCN(C)CC5)CC4)cc23)c(C)c1. The molecule has 4 aromatic rings. The van der Waals surface area contributed by atoms with Crippen molar-refractivity contribution < 1.29 is 9.00 Å². The normalized spacial score (nSPS) is 18.4. The highest BCUT2D eigenvalue weighted by atomic mass is 32.2. The van der Waals surface area contributed by atoms with Crippen LogP contribution in [0.3, 0.4) is 0 Å². The van der Waals surface area contributed by atoms with Crippen LogP contribution in [0.2, 0.25) is 0 Å². The van der Waals surface area contributed by atoms with Crippen molar-refractivity contribution in [2.24, 2.45) is 0 Å². The van der Waals surface area contributed by atoms with Gasteiger partial charge in [-0.2, -0.15) is 4.98 Å². The molecule has 11 nitrogen and oxygen atoms in total. The molecule has 2 saturated heterocycles. The number of rotatable bonds is 6. The predicted octanol–water partition coefficient (Wildman–Crippen LogP) is 2.47. The predicted molar refractivity (Wildman–Crippen MR) is 168 cm³/mol. The van der Waals surface area contributed by atoms with E-state index >= 15 is 0 Å². The summed E-state index contributed by atoms with van der Waals surface area (Å²) in [6.45, 7) is 12.9. The number of aromatic amines is 1. The van der Waals surface area contributed by atoms with Crippen LogP contribution in [-0.4, -0.2) is 97.6 Å². The minimum Gasteiger partial charge on any atom is -0.369 e. The second-order valence-electron chi connectivity index (χ2n) is 12.4. The number of likely N-dealkylation sites (tertiary alicyclic amines) is 1. The molecule has 2 aromatic carbocycles. The lowest BCUT2D eigenvalue weighted by Gasteiger charge is -2.44. The van der Waals surface area contributed by atoms with E-state index in [2.05, 4.69) is 42.4 Å². The number of carbonyl (C=O) groups excluding carboxylic acids is 1. The molecular formula is C31H40N8O3S. The van der Waals surface area contributed by atoms with E-state index < -0.39 is 16.3 Å². The molecular weight excluding hydrogens is 564 g/mol. The third kappa shape index (κ3) is 5.59. The molecule has 2 N–H and O–H groups in total. The van der Waals surface area contributed by atoms with Crippen LogP contribution in [0.15, 0.2) is 51.1 Å². The molecule has 228 valence electrons. The van der Waals surface area contributed by atoms with E-state index in [9.17, 15) is 13.8 Å². The smallest absolute Gasteiger partial charge is 0.281 e. The van der Waals surface area contributed by atoms with E-state index in [1.54, 1.807) is 10.6 Å². The fraction of sp³-hybridized carbons (Fsp3) is 0.484. The Morgan fingerprint density at radius 1 is 1.02 bits per heavy atom. The van der Waals surface area contributed by atoms with Gasteiger partial charge in [0.05, 0.1) is 16.4 Å². The number of H-pyrrole nitrogens is 1. The highest BCUT2D eigenvalue weighted by molar-refractivity contribution is 7.85. The number of piperazine rings is 1. The minimum atomic E-state index is -1.61. The Bertz CT molecular complexity index is 1760. The van der Waals surface area contributed by atoms with Gasteiger partial charge in [0, 0.05) is 42.8 Å². The summed E-state index contributed by atoms with van der Waals surface area (Å²) in [7, 11) is 0.514. The van der Waals surface area contributed by atoms with Gasteiger partial charge in [0.2, 0.25) is 5.91 Å². The average Bonchev–Trinajstić information content (AvgIpc) is 3.42. The standard InChI is InChI=1S/C31H40N8O3S/c1-20-6-9-26(21(2)18-20)43(42)29-27-33-28(40)24-8-7-23(19-25(24)39(27)35-34-29)37-14-16-38(17-15-37)31(3,4)30(41)32-22-10-12-36(5)13-11-22/h6-9,18-19,22,35H,10-17H2,1-5H3,(H,32,41). The van der Waals surface area contributed by atoms with Crippen LogP contribution in [0.4, 0.5) is 5.69 Å². The van der Waals surface area contributed by atoms with Gasteiger partial charge in [-0.1, -0.05) is 17.7 Å². The van der Waals surface area contributed by atoms with E-state index in [-0.39, 0.29) is 28.2 Å². The summed E-state index contributed by atoms with van der Waals surface area (Å²) >= 11 is 0. The topological polar surface area (TPSA) is 119 Å². The van der Waals surface area contributed by atoms with Crippen molar-refractivity contribution in [3.63, 3.8) is 0 Å². The van der Waals surface area contributed by atoms with Gasteiger partial charge in [-0.15, -0.1) is 5.10 Å². The van der Waals surface area contributed by atoms with Gasteiger partial charge >= 0.3 is 0 Å². The van der Waals surface area contributed by atoms with Crippen LogP contribution >= 0.6 is 0 Å². The number of nitrogens with zero attached hydrogens (tertiary/aromatic N) is 6. The lowest BCUT2D eigenvalue weighted by atomic mass is 9.97. The van der Waals surface area contributed by atoms with Gasteiger partial charge in [-0.3, -0.25) is 14.5 Å². The minimum absolute atomic E-state index is 0.0868. The molecule has 0 saturated carbocycles. The number of aromatic nitrogens is 4. The molecule has 0 spiro atoms. The zero-order valence-corrected chi connectivity index (χ0v) is 26.3. The Hall–Kier alpha value is -3.61. The highest BCUT2D eigenvalue weighted by Crippen LogP contribution is 2.27. The summed E-state index contributed by atoms with van der Waals surface area (Å²) in [5.74, 6) is 0.0868. The van der Waals surface area contributed by atoms with Gasteiger partial charge in [0.1, 0.15) is 10.8 Å². The van der Waals surface area contributed by atoms with E-state index in [0.29, 0.717) is 15.8 Å². The van der Waals surface area contributed by atoms with Gasteiger partial charge in [0.25, 0.3) is 5.56 Å². The number of hydrogen-bond donors (Lipinski definition) is 2. The third-order valence-electron chi connectivity index (χ3n) is 9.07. The second kappa shape index (κ2) is 11.5. The number of aryl methyl sites for hydroxylation is 2. The second-order valence-corrected chi connectivity index (χ2v) is 13.8. The van der Waals surface area contributed by atoms with E-state index in [0.717, 1.165) is 68.9 Å². The Balaban J connectivity index is 1.21. The Labute approximate surface area is 253 Å². The van der Waals surface area contributed by atoms with Gasteiger partial charge in [-0.25, -0.2) is 13.9 Å². The van der Waals surface area contributed by atoms with Gasteiger partial charge in [-0.05, 0) is 90.5 Å². The zero-order chi connectivity index (χ0) is 30.5. The first-order chi connectivity index (χ1) is 20.5. The summed E-state index contributed by atoms with van der Waals surface area (Å²) in [4.78, 5) is 38.1. The van der Waals surface area contributed by atoms with Crippen molar-refractivity contribution >= 4 is 38.9 Å². The van der Waals surface area contributed by atoms with E-state index in [1.807, 2.05) is 58.0 Å².